The Bertz CT molecular complexity index is 637. The molecule has 1 heterocycles. The molecule has 5 nitrogen and oxygen atoms in total. The minimum absolute atomic E-state index is 0.0278. The molecule has 0 spiro atoms. The van der Waals surface area contributed by atoms with Gasteiger partial charge in [-0.25, -0.2) is 4.79 Å². The normalized spacial score (nSPS) is 10.2. The van der Waals surface area contributed by atoms with Gasteiger partial charge in [-0.15, -0.1) is 0 Å². The van der Waals surface area contributed by atoms with Crippen molar-refractivity contribution in [3.63, 3.8) is 0 Å². The molecule has 0 aliphatic rings. The van der Waals surface area contributed by atoms with Crippen LogP contribution in [0.1, 0.15) is 20.9 Å². The van der Waals surface area contributed by atoms with Crippen LogP contribution < -0.4 is 5.32 Å². The van der Waals surface area contributed by atoms with E-state index < -0.39 is 11.9 Å². The number of nitrogens with one attached hydrogen (secondary N) is 1. The van der Waals surface area contributed by atoms with E-state index in [0.717, 1.165) is 0 Å². The Morgan fingerprint density at radius 3 is 2.58 bits per heavy atom. The van der Waals surface area contributed by atoms with Gasteiger partial charge in [0.15, 0.2) is 5.76 Å². The molecule has 1 aromatic heterocycles. The van der Waals surface area contributed by atoms with E-state index in [1.54, 1.807) is 0 Å². The van der Waals surface area contributed by atoms with Gasteiger partial charge in [0.1, 0.15) is 0 Å². The van der Waals surface area contributed by atoms with Gasteiger partial charge in [0, 0.05) is 5.02 Å². The molecule has 98 valence electrons. The van der Waals surface area contributed by atoms with Crippen LogP contribution in [-0.2, 0) is 0 Å². The Morgan fingerprint density at radius 1 is 1.26 bits per heavy atom. The predicted octanol–water partition coefficient (Wildman–Crippen LogP) is 3.54. The Balaban J connectivity index is 2.39. The second-order valence-corrected chi connectivity index (χ2v) is 4.39. The van der Waals surface area contributed by atoms with E-state index in [0.29, 0.717) is 0 Å². The van der Waals surface area contributed by atoms with Crippen LogP contribution in [0.3, 0.4) is 0 Å². The van der Waals surface area contributed by atoms with E-state index in [9.17, 15) is 9.59 Å². The molecule has 7 heteroatoms. The van der Waals surface area contributed by atoms with Crippen LogP contribution in [0.25, 0.3) is 0 Å². The van der Waals surface area contributed by atoms with Crippen molar-refractivity contribution in [1.82, 2.24) is 0 Å². The molecule has 1 amide bonds. The van der Waals surface area contributed by atoms with Crippen LogP contribution in [0.5, 0.6) is 0 Å². The summed E-state index contributed by atoms with van der Waals surface area (Å²) >= 11 is 11.6. The maximum atomic E-state index is 11.8. The molecule has 0 atom stereocenters. The number of carboxylic acid groups (broad SMARTS) is 1. The zero-order chi connectivity index (χ0) is 14.0. The largest absolute Gasteiger partial charge is 0.478 e. The summed E-state index contributed by atoms with van der Waals surface area (Å²) in [5.41, 5.74) is -0.225. The minimum Gasteiger partial charge on any atom is -0.478 e. The van der Waals surface area contributed by atoms with Crippen molar-refractivity contribution >= 4 is 40.8 Å². The number of anilines is 1. The highest BCUT2D eigenvalue weighted by Crippen LogP contribution is 2.30. The van der Waals surface area contributed by atoms with Crippen molar-refractivity contribution < 1.29 is 19.1 Å². The molecule has 0 saturated heterocycles. The van der Waals surface area contributed by atoms with Crippen LogP contribution in [0.15, 0.2) is 34.9 Å². The van der Waals surface area contributed by atoms with E-state index in [2.05, 4.69) is 5.32 Å². The van der Waals surface area contributed by atoms with Gasteiger partial charge in [-0.2, -0.15) is 0 Å². The zero-order valence-electron chi connectivity index (χ0n) is 9.31. The number of carboxylic acids is 1. The maximum Gasteiger partial charge on any atom is 0.337 e. The molecule has 19 heavy (non-hydrogen) atoms. The maximum absolute atomic E-state index is 11.8. The minimum atomic E-state index is -1.25. The van der Waals surface area contributed by atoms with Gasteiger partial charge < -0.3 is 14.8 Å². The van der Waals surface area contributed by atoms with Crippen molar-refractivity contribution in [2.75, 3.05) is 5.32 Å². The van der Waals surface area contributed by atoms with Crippen LogP contribution in [0.4, 0.5) is 5.69 Å². The number of benzene rings is 1. The number of hydrogen-bond donors (Lipinski definition) is 2. The number of furan rings is 1. The van der Waals surface area contributed by atoms with Gasteiger partial charge in [-0.3, -0.25) is 4.79 Å². The number of amides is 1. The zero-order valence-corrected chi connectivity index (χ0v) is 10.8. The highest BCUT2D eigenvalue weighted by molar-refractivity contribution is 6.38. The van der Waals surface area contributed by atoms with Crippen molar-refractivity contribution in [2.45, 2.75) is 0 Å². The van der Waals surface area contributed by atoms with Gasteiger partial charge in [0.25, 0.3) is 5.91 Å². The van der Waals surface area contributed by atoms with Crippen molar-refractivity contribution in [3.8, 4) is 0 Å². The molecule has 0 saturated carbocycles. The van der Waals surface area contributed by atoms with Gasteiger partial charge in [-0.05, 0) is 24.3 Å². The molecule has 0 fully saturated rings. The van der Waals surface area contributed by atoms with Crippen molar-refractivity contribution in [2.24, 2.45) is 0 Å². The molecular weight excluding hydrogens is 293 g/mol. The quantitative estimate of drug-likeness (QED) is 0.908. The number of hydrogen-bond acceptors (Lipinski definition) is 3. The third-order valence-electron chi connectivity index (χ3n) is 2.27. The Labute approximate surface area is 117 Å². The van der Waals surface area contributed by atoms with Gasteiger partial charge in [-0.1, -0.05) is 23.2 Å². The summed E-state index contributed by atoms with van der Waals surface area (Å²) in [4.78, 5) is 22.9. The molecule has 2 aromatic rings. The second-order valence-electron chi connectivity index (χ2n) is 3.55. The summed E-state index contributed by atoms with van der Waals surface area (Å²) in [7, 11) is 0. The fourth-order valence-corrected chi connectivity index (χ4v) is 1.99. The van der Waals surface area contributed by atoms with E-state index in [4.69, 9.17) is 32.7 Å². The Morgan fingerprint density at radius 2 is 2.00 bits per heavy atom. The lowest BCUT2D eigenvalue weighted by Crippen LogP contribution is -2.14. The highest BCUT2D eigenvalue weighted by atomic mass is 35.5. The first-order valence-electron chi connectivity index (χ1n) is 5.06. The third-order valence-corrected chi connectivity index (χ3v) is 2.79. The highest BCUT2D eigenvalue weighted by Gasteiger charge is 2.18. The first-order valence-corrected chi connectivity index (χ1v) is 5.82. The van der Waals surface area contributed by atoms with Gasteiger partial charge >= 0.3 is 5.97 Å². The van der Waals surface area contributed by atoms with Crippen LogP contribution >= 0.6 is 23.2 Å². The number of halogens is 2. The first kappa shape index (κ1) is 13.5. The number of aromatic carboxylic acids is 1. The lowest BCUT2D eigenvalue weighted by Gasteiger charge is -2.10. The standard InChI is InChI=1S/C12H7Cl2NO4/c13-6-4-7(12(17)18)10(8(14)5-6)15-11(16)9-2-1-3-19-9/h1-5H,(H,15,16)(H,17,18). The molecule has 0 bridgehead atoms. The second kappa shape index (κ2) is 5.34. The van der Waals surface area contributed by atoms with E-state index in [-0.39, 0.29) is 27.1 Å². The predicted molar refractivity (Wildman–Crippen MR) is 70.1 cm³/mol. The molecule has 0 aliphatic carbocycles. The fraction of sp³-hybridized carbons (Fsp3) is 0. The lowest BCUT2D eigenvalue weighted by molar-refractivity contribution is 0.0698. The lowest BCUT2D eigenvalue weighted by atomic mass is 10.1. The third kappa shape index (κ3) is 2.89. The number of carbonyl (C=O) groups excluding carboxylic acids is 1. The molecule has 0 radical (unpaired) electrons. The average Bonchev–Trinajstić information content (AvgIpc) is 2.85. The number of carbonyl (C=O) groups is 2. The summed E-state index contributed by atoms with van der Waals surface area (Å²) in [6.45, 7) is 0. The molecule has 1 aromatic carbocycles. The SMILES string of the molecule is O=C(Nc1c(Cl)cc(Cl)cc1C(=O)O)c1ccco1. The van der Waals surface area contributed by atoms with Crippen molar-refractivity contribution in [3.05, 3.63) is 51.9 Å². The molecule has 0 aliphatic heterocycles. The van der Waals surface area contributed by atoms with Crippen LogP contribution in [-0.4, -0.2) is 17.0 Å². The fourth-order valence-electron chi connectivity index (χ4n) is 1.45. The molecule has 2 N–H and O–H groups in total. The van der Waals surface area contributed by atoms with Crippen molar-refractivity contribution in [1.29, 1.82) is 0 Å². The Kier molecular flexibility index (Phi) is 3.78. The van der Waals surface area contributed by atoms with Crippen LogP contribution in [0, 0.1) is 0 Å². The monoisotopic (exact) mass is 299 g/mol. The number of rotatable bonds is 3. The average molecular weight is 300 g/mol. The molecule has 0 unspecified atom stereocenters. The van der Waals surface area contributed by atoms with E-state index >= 15 is 0 Å². The van der Waals surface area contributed by atoms with Crippen LogP contribution in [0.2, 0.25) is 10.0 Å². The van der Waals surface area contributed by atoms with Gasteiger partial charge in [0.05, 0.1) is 22.5 Å². The molecular formula is C12H7Cl2NO4. The Hall–Kier alpha value is -1.98. The summed E-state index contributed by atoms with van der Waals surface area (Å²) in [6.07, 6.45) is 1.33. The van der Waals surface area contributed by atoms with Gasteiger partial charge in [0.2, 0.25) is 0 Å². The van der Waals surface area contributed by atoms with E-state index in [1.165, 1.54) is 30.5 Å². The smallest absolute Gasteiger partial charge is 0.337 e. The summed E-state index contributed by atoms with van der Waals surface area (Å²) in [5, 5.41) is 11.6. The van der Waals surface area contributed by atoms with E-state index in [1.807, 2.05) is 0 Å². The summed E-state index contributed by atoms with van der Waals surface area (Å²) < 4.78 is 4.90. The molecule has 2 rings (SSSR count). The first-order chi connectivity index (χ1) is 8.99. The summed E-state index contributed by atoms with van der Waals surface area (Å²) in [6, 6.07) is 5.52. The summed E-state index contributed by atoms with van der Waals surface area (Å²) in [5.74, 6) is -1.81. The topological polar surface area (TPSA) is 79.5 Å².